The first kappa shape index (κ1) is 18.5. The summed E-state index contributed by atoms with van der Waals surface area (Å²) in [4.78, 5) is 26.3. The van der Waals surface area contributed by atoms with Crippen molar-refractivity contribution in [3.63, 3.8) is 0 Å². The molecule has 2 N–H and O–H groups in total. The van der Waals surface area contributed by atoms with Gasteiger partial charge in [0, 0.05) is 20.5 Å². The van der Waals surface area contributed by atoms with Crippen LogP contribution in [0.5, 0.6) is 0 Å². The van der Waals surface area contributed by atoms with E-state index in [1.807, 2.05) is 30.3 Å². The molecule has 0 aromatic heterocycles. The molecule has 0 bridgehead atoms. The summed E-state index contributed by atoms with van der Waals surface area (Å²) < 4.78 is 0. The number of nitrogens with zero attached hydrogens (tertiary/aromatic N) is 1. The Kier molecular flexibility index (Phi) is 6.37. The van der Waals surface area contributed by atoms with Gasteiger partial charge in [0.1, 0.15) is 6.04 Å². The minimum atomic E-state index is -0.916. The number of aliphatic hydroxyl groups is 1. The van der Waals surface area contributed by atoms with E-state index in [9.17, 15) is 14.7 Å². The van der Waals surface area contributed by atoms with Crippen molar-refractivity contribution in [3.8, 4) is 0 Å². The van der Waals surface area contributed by atoms with Gasteiger partial charge in [-0.05, 0) is 18.4 Å². The van der Waals surface area contributed by atoms with Gasteiger partial charge in [-0.25, -0.2) is 0 Å². The van der Waals surface area contributed by atoms with Crippen molar-refractivity contribution in [1.82, 2.24) is 10.2 Å². The summed E-state index contributed by atoms with van der Waals surface area (Å²) in [5.74, 6) is -0.390. The molecule has 0 saturated heterocycles. The van der Waals surface area contributed by atoms with Crippen LogP contribution in [0.15, 0.2) is 30.3 Å². The summed E-state index contributed by atoms with van der Waals surface area (Å²) in [6, 6.07) is 9.02. The van der Waals surface area contributed by atoms with Crippen LogP contribution < -0.4 is 5.32 Å². The van der Waals surface area contributed by atoms with Gasteiger partial charge >= 0.3 is 0 Å². The van der Waals surface area contributed by atoms with Crippen molar-refractivity contribution in [1.29, 1.82) is 0 Å². The maximum atomic E-state index is 12.4. The molecular weight excluding hydrogens is 304 g/mol. The minimum Gasteiger partial charge on any atom is -0.389 e. The fraction of sp³-hybridized carbons (Fsp3) is 0.579. The van der Waals surface area contributed by atoms with Gasteiger partial charge in [0.2, 0.25) is 11.8 Å². The van der Waals surface area contributed by atoms with E-state index >= 15 is 0 Å². The van der Waals surface area contributed by atoms with Crippen LogP contribution in [-0.4, -0.2) is 47.6 Å². The Bertz CT molecular complexity index is 551. The Balaban J connectivity index is 2.01. The molecule has 0 radical (unpaired) electrons. The molecule has 24 heavy (non-hydrogen) atoms. The third-order valence-corrected chi connectivity index (χ3v) is 4.63. The number of carbonyl (C=O) groups is 2. The van der Waals surface area contributed by atoms with Crippen molar-refractivity contribution >= 4 is 11.8 Å². The van der Waals surface area contributed by atoms with Gasteiger partial charge in [0.05, 0.1) is 12.0 Å². The molecular formula is C19H28N2O3. The van der Waals surface area contributed by atoms with Crippen LogP contribution in [0, 0.1) is 0 Å². The first-order valence-electron chi connectivity index (χ1n) is 8.66. The van der Waals surface area contributed by atoms with E-state index in [4.69, 9.17) is 0 Å². The predicted molar refractivity (Wildman–Crippen MR) is 93.4 cm³/mol. The molecule has 0 aliphatic heterocycles. The molecule has 1 saturated carbocycles. The van der Waals surface area contributed by atoms with Crippen molar-refractivity contribution in [2.45, 2.75) is 56.6 Å². The van der Waals surface area contributed by atoms with E-state index in [0.29, 0.717) is 19.3 Å². The Morgan fingerprint density at radius 2 is 1.79 bits per heavy atom. The Morgan fingerprint density at radius 1 is 1.17 bits per heavy atom. The molecule has 0 heterocycles. The van der Waals surface area contributed by atoms with Crippen molar-refractivity contribution < 1.29 is 14.7 Å². The molecule has 132 valence electrons. The second-order valence-corrected chi connectivity index (χ2v) is 7.00. The molecule has 1 aliphatic rings. The highest BCUT2D eigenvalue weighted by atomic mass is 16.3. The summed E-state index contributed by atoms with van der Waals surface area (Å²) in [6.45, 7) is 0. The molecule has 0 spiro atoms. The molecule has 5 nitrogen and oxygen atoms in total. The lowest BCUT2D eigenvalue weighted by atomic mass is 9.82. The van der Waals surface area contributed by atoms with Crippen molar-refractivity contribution in [2.24, 2.45) is 0 Å². The normalized spacial score (nSPS) is 17.8. The number of likely N-dealkylation sites (N-methyl/N-ethyl adjacent to an activating group) is 1. The second kappa shape index (κ2) is 8.29. The first-order valence-corrected chi connectivity index (χ1v) is 8.66. The molecule has 1 unspecified atom stereocenters. The van der Waals surface area contributed by atoms with Crippen LogP contribution in [0.3, 0.4) is 0 Å². The summed E-state index contributed by atoms with van der Waals surface area (Å²) in [5.41, 5.74) is 0.0789. The molecule has 1 aromatic rings. The molecule has 1 atom stereocenters. The lowest BCUT2D eigenvalue weighted by molar-refractivity contribution is -0.136. The fourth-order valence-corrected chi connectivity index (χ4v) is 3.29. The average Bonchev–Trinajstić information content (AvgIpc) is 2.54. The molecule has 5 heteroatoms. The van der Waals surface area contributed by atoms with E-state index < -0.39 is 11.6 Å². The standard InChI is InChI=1S/C19H28N2O3/c1-21(2)18(23)16(13-15-9-5-3-6-10-15)20-17(22)14-19(24)11-7-4-8-12-19/h3,5-6,9-10,16,24H,4,7-8,11-14H2,1-2H3,(H,20,22). The van der Waals surface area contributed by atoms with E-state index in [2.05, 4.69) is 5.32 Å². The van der Waals surface area contributed by atoms with Gasteiger partial charge in [0.25, 0.3) is 0 Å². The molecule has 1 aromatic carbocycles. The summed E-state index contributed by atoms with van der Waals surface area (Å²) in [5, 5.41) is 13.4. The number of hydrogen-bond acceptors (Lipinski definition) is 3. The summed E-state index contributed by atoms with van der Waals surface area (Å²) in [7, 11) is 3.36. The van der Waals surface area contributed by atoms with E-state index in [1.54, 1.807) is 14.1 Å². The Morgan fingerprint density at radius 3 is 2.38 bits per heavy atom. The van der Waals surface area contributed by atoms with Crippen LogP contribution in [-0.2, 0) is 16.0 Å². The van der Waals surface area contributed by atoms with Gasteiger partial charge in [-0.1, -0.05) is 49.6 Å². The number of carbonyl (C=O) groups excluding carboxylic acids is 2. The SMILES string of the molecule is CN(C)C(=O)C(Cc1ccccc1)NC(=O)CC1(O)CCCCC1. The van der Waals surface area contributed by atoms with Crippen molar-refractivity contribution in [3.05, 3.63) is 35.9 Å². The highest BCUT2D eigenvalue weighted by Gasteiger charge is 2.33. The average molecular weight is 332 g/mol. The van der Waals surface area contributed by atoms with Crippen LogP contribution in [0.25, 0.3) is 0 Å². The second-order valence-electron chi connectivity index (χ2n) is 7.00. The fourth-order valence-electron chi connectivity index (χ4n) is 3.29. The third kappa shape index (κ3) is 5.34. The van der Waals surface area contributed by atoms with Crippen LogP contribution in [0.2, 0.25) is 0 Å². The van der Waals surface area contributed by atoms with E-state index in [1.165, 1.54) is 4.90 Å². The molecule has 1 aliphatic carbocycles. The zero-order valence-electron chi connectivity index (χ0n) is 14.6. The Labute approximate surface area is 144 Å². The van der Waals surface area contributed by atoms with Crippen LogP contribution >= 0.6 is 0 Å². The smallest absolute Gasteiger partial charge is 0.244 e. The lowest BCUT2D eigenvalue weighted by Gasteiger charge is -2.32. The zero-order valence-corrected chi connectivity index (χ0v) is 14.6. The van der Waals surface area contributed by atoms with E-state index in [-0.39, 0.29) is 18.2 Å². The maximum absolute atomic E-state index is 12.4. The van der Waals surface area contributed by atoms with Gasteiger partial charge in [-0.3, -0.25) is 9.59 Å². The quantitative estimate of drug-likeness (QED) is 0.836. The number of rotatable bonds is 6. The Hall–Kier alpha value is -1.88. The molecule has 2 amide bonds. The first-order chi connectivity index (χ1) is 11.4. The number of amides is 2. The maximum Gasteiger partial charge on any atom is 0.244 e. The summed E-state index contributed by atoms with van der Waals surface area (Å²) in [6.07, 6.45) is 4.85. The highest BCUT2D eigenvalue weighted by Crippen LogP contribution is 2.30. The number of benzene rings is 1. The number of nitrogens with one attached hydrogen (secondary N) is 1. The number of hydrogen-bond donors (Lipinski definition) is 2. The van der Waals surface area contributed by atoms with Crippen LogP contribution in [0.4, 0.5) is 0 Å². The highest BCUT2D eigenvalue weighted by molar-refractivity contribution is 5.88. The monoisotopic (exact) mass is 332 g/mol. The third-order valence-electron chi connectivity index (χ3n) is 4.63. The minimum absolute atomic E-state index is 0.0685. The molecule has 2 rings (SSSR count). The lowest BCUT2D eigenvalue weighted by Crippen LogP contribution is -2.49. The van der Waals surface area contributed by atoms with Gasteiger partial charge < -0.3 is 15.3 Å². The largest absolute Gasteiger partial charge is 0.389 e. The topological polar surface area (TPSA) is 69.6 Å². The summed E-state index contributed by atoms with van der Waals surface area (Å²) >= 11 is 0. The van der Waals surface area contributed by atoms with Gasteiger partial charge in [0.15, 0.2) is 0 Å². The van der Waals surface area contributed by atoms with E-state index in [0.717, 1.165) is 24.8 Å². The predicted octanol–water partition coefficient (Wildman–Crippen LogP) is 1.89. The van der Waals surface area contributed by atoms with Crippen molar-refractivity contribution in [2.75, 3.05) is 14.1 Å². The van der Waals surface area contributed by atoms with Gasteiger partial charge in [-0.15, -0.1) is 0 Å². The molecule has 1 fully saturated rings. The van der Waals surface area contributed by atoms with Crippen LogP contribution in [0.1, 0.15) is 44.1 Å². The van der Waals surface area contributed by atoms with Gasteiger partial charge in [-0.2, -0.15) is 0 Å². The zero-order chi connectivity index (χ0) is 17.6.